The third-order valence-corrected chi connectivity index (χ3v) is 4.13. The molecule has 0 fully saturated rings. The molecule has 0 unspecified atom stereocenters. The maximum absolute atomic E-state index is 4.63. The number of nitrogens with one attached hydrogen (secondary N) is 1. The summed E-state index contributed by atoms with van der Waals surface area (Å²) in [5, 5.41) is 9.52. The first-order valence-corrected chi connectivity index (χ1v) is 7.74. The molecule has 0 spiro atoms. The van der Waals surface area contributed by atoms with Gasteiger partial charge in [0.25, 0.3) is 0 Å². The lowest BCUT2D eigenvalue weighted by Crippen LogP contribution is -2.14. The van der Waals surface area contributed by atoms with E-state index in [1.807, 2.05) is 0 Å². The maximum atomic E-state index is 4.63. The van der Waals surface area contributed by atoms with Crippen LogP contribution in [0.5, 0.6) is 0 Å². The van der Waals surface area contributed by atoms with Crippen molar-refractivity contribution >= 4 is 27.8 Å². The largest absolute Gasteiger partial charge is 0.362 e. The van der Waals surface area contributed by atoms with Crippen molar-refractivity contribution in [2.45, 2.75) is 13.3 Å². The smallest absolute Gasteiger partial charge is 0.183 e. The van der Waals surface area contributed by atoms with Crippen molar-refractivity contribution in [3.63, 3.8) is 0 Å². The Balaban J connectivity index is 2.04. The molecule has 0 aromatic carbocycles. The summed E-state index contributed by atoms with van der Waals surface area (Å²) in [6, 6.07) is 0. The summed E-state index contributed by atoms with van der Waals surface area (Å²) in [5.74, 6) is 0. The summed E-state index contributed by atoms with van der Waals surface area (Å²) in [7, 11) is 4.16. The molecule has 0 aliphatic rings. The van der Waals surface area contributed by atoms with Crippen LogP contribution >= 0.6 is 22.7 Å². The lowest BCUT2D eigenvalue weighted by molar-refractivity contribution is 0.413. The molecule has 0 saturated heterocycles. The third-order valence-electron chi connectivity index (χ3n) is 2.42. The molecule has 2 aromatic heterocycles. The number of hydrogen-bond acceptors (Lipinski definition) is 6. The molecule has 1 N–H and O–H groups in total. The Morgan fingerprint density at radius 1 is 1.17 bits per heavy atom. The first-order chi connectivity index (χ1) is 8.69. The van der Waals surface area contributed by atoms with E-state index in [1.54, 1.807) is 22.7 Å². The quantitative estimate of drug-likeness (QED) is 0.884. The number of likely N-dealkylation sites (N-methyl/N-ethyl adjacent to an activating group) is 1. The number of hydrogen-bond donors (Lipinski definition) is 1. The van der Waals surface area contributed by atoms with Crippen LogP contribution in [-0.4, -0.2) is 42.1 Å². The van der Waals surface area contributed by atoms with Gasteiger partial charge < -0.3 is 10.2 Å². The van der Waals surface area contributed by atoms with Gasteiger partial charge in [0.2, 0.25) is 0 Å². The van der Waals surface area contributed by atoms with Gasteiger partial charge in [-0.05, 0) is 21.0 Å². The predicted octanol–water partition coefficient (Wildman–Crippen LogP) is 2.80. The molecule has 0 atom stereocenters. The SMILES string of the molecule is CCNc1nc(-c2csc(CCN(C)C)n2)cs1. The van der Waals surface area contributed by atoms with E-state index in [1.165, 1.54) is 5.01 Å². The molecule has 18 heavy (non-hydrogen) atoms. The Morgan fingerprint density at radius 2 is 1.89 bits per heavy atom. The Hall–Kier alpha value is -0.980. The van der Waals surface area contributed by atoms with Gasteiger partial charge in [0.05, 0.1) is 5.01 Å². The van der Waals surface area contributed by atoms with Gasteiger partial charge in [0.15, 0.2) is 5.13 Å². The molecule has 2 aromatic rings. The molecular formula is C12H18N4S2. The number of thiazole rings is 2. The topological polar surface area (TPSA) is 41.1 Å². The number of aromatic nitrogens is 2. The Labute approximate surface area is 116 Å². The fraction of sp³-hybridized carbons (Fsp3) is 0.500. The van der Waals surface area contributed by atoms with E-state index in [4.69, 9.17) is 0 Å². The summed E-state index contributed by atoms with van der Waals surface area (Å²) in [6.45, 7) is 4.01. The van der Waals surface area contributed by atoms with Crippen molar-refractivity contribution in [2.24, 2.45) is 0 Å². The minimum Gasteiger partial charge on any atom is -0.362 e. The van der Waals surface area contributed by atoms with Crippen molar-refractivity contribution in [3.05, 3.63) is 15.8 Å². The second kappa shape index (κ2) is 6.26. The highest BCUT2D eigenvalue weighted by Gasteiger charge is 2.08. The number of rotatable bonds is 6. The van der Waals surface area contributed by atoms with E-state index in [-0.39, 0.29) is 0 Å². The highest BCUT2D eigenvalue weighted by atomic mass is 32.1. The van der Waals surface area contributed by atoms with Crippen LogP contribution in [0.1, 0.15) is 11.9 Å². The van der Waals surface area contributed by atoms with E-state index >= 15 is 0 Å². The van der Waals surface area contributed by atoms with Crippen molar-refractivity contribution in [1.82, 2.24) is 14.9 Å². The van der Waals surface area contributed by atoms with Crippen molar-refractivity contribution < 1.29 is 0 Å². The molecular weight excluding hydrogens is 264 g/mol. The van der Waals surface area contributed by atoms with E-state index in [2.05, 4.69) is 52.0 Å². The third kappa shape index (κ3) is 3.51. The summed E-state index contributed by atoms with van der Waals surface area (Å²) in [6.07, 6.45) is 1.00. The molecule has 2 heterocycles. The minimum absolute atomic E-state index is 0.901. The molecule has 0 aliphatic carbocycles. The highest BCUT2D eigenvalue weighted by molar-refractivity contribution is 7.14. The van der Waals surface area contributed by atoms with Crippen LogP contribution in [0, 0.1) is 0 Å². The normalized spacial score (nSPS) is 11.1. The van der Waals surface area contributed by atoms with Crippen LogP contribution in [0.15, 0.2) is 10.8 Å². The monoisotopic (exact) mass is 282 g/mol. The predicted molar refractivity (Wildman–Crippen MR) is 79.6 cm³/mol. The fourth-order valence-electron chi connectivity index (χ4n) is 1.49. The number of anilines is 1. The van der Waals surface area contributed by atoms with E-state index in [9.17, 15) is 0 Å². The molecule has 98 valence electrons. The summed E-state index contributed by atoms with van der Waals surface area (Å²) < 4.78 is 0. The molecule has 0 bridgehead atoms. The van der Waals surface area contributed by atoms with Crippen LogP contribution in [0.3, 0.4) is 0 Å². The molecule has 2 rings (SSSR count). The van der Waals surface area contributed by atoms with E-state index < -0.39 is 0 Å². The Bertz CT molecular complexity index is 490. The van der Waals surface area contributed by atoms with Crippen molar-refractivity contribution in [3.8, 4) is 11.4 Å². The van der Waals surface area contributed by atoms with E-state index in [0.29, 0.717) is 0 Å². The van der Waals surface area contributed by atoms with Gasteiger partial charge in [-0.2, -0.15) is 0 Å². The Kier molecular flexibility index (Phi) is 4.68. The first kappa shape index (κ1) is 13.5. The molecule has 0 saturated carbocycles. The molecule has 4 nitrogen and oxygen atoms in total. The van der Waals surface area contributed by atoms with Crippen molar-refractivity contribution in [1.29, 1.82) is 0 Å². The zero-order valence-corrected chi connectivity index (χ0v) is 12.6. The fourth-order valence-corrected chi connectivity index (χ4v) is 3.04. The second-order valence-electron chi connectivity index (χ2n) is 4.25. The van der Waals surface area contributed by atoms with Gasteiger partial charge in [-0.15, -0.1) is 22.7 Å². The summed E-state index contributed by atoms with van der Waals surface area (Å²) in [4.78, 5) is 11.3. The summed E-state index contributed by atoms with van der Waals surface area (Å²) >= 11 is 3.35. The van der Waals surface area contributed by atoms with E-state index in [0.717, 1.165) is 36.0 Å². The van der Waals surface area contributed by atoms with Gasteiger partial charge in [0, 0.05) is 30.3 Å². The lowest BCUT2D eigenvalue weighted by Gasteiger charge is -2.06. The highest BCUT2D eigenvalue weighted by Crippen LogP contribution is 2.26. The first-order valence-electron chi connectivity index (χ1n) is 5.98. The van der Waals surface area contributed by atoms with Crippen LogP contribution in [0.2, 0.25) is 0 Å². The van der Waals surface area contributed by atoms with Gasteiger partial charge in [0.1, 0.15) is 11.4 Å². The molecule has 0 radical (unpaired) electrons. The zero-order chi connectivity index (χ0) is 13.0. The van der Waals surface area contributed by atoms with Crippen LogP contribution in [0.4, 0.5) is 5.13 Å². The standard InChI is InChI=1S/C12H18N4S2/c1-4-13-12-15-10(8-18-12)9-7-17-11(14-9)5-6-16(2)3/h7-8H,4-6H2,1-3H3,(H,13,15). The Morgan fingerprint density at radius 3 is 2.61 bits per heavy atom. The van der Waals surface area contributed by atoms with Crippen LogP contribution < -0.4 is 5.32 Å². The lowest BCUT2D eigenvalue weighted by atomic mass is 10.4. The zero-order valence-electron chi connectivity index (χ0n) is 10.9. The van der Waals surface area contributed by atoms with Crippen LogP contribution in [0.25, 0.3) is 11.4 Å². The summed E-state index contributed by atoms with van der Waals surface area (Å²) in [5.41, 5.74) is 1.97. The second-order valence-corrected chi connectivity index (χ2v) is 6.05. The van der Waals surface area contributed by atoms with Gasteiger partial charge in [-0.1, -0.05) is 0 Å². The van der Waals surface area contributed by atoms with Crippen molar-refractivity contribution in [2.75, 3.05) is 32.5 Å². The molecule has 6 heteroatoms. The maximum Gasteiger partial charge on any atom is 0.183 e. The average Bonchev–Trinajstić information content (AvgIpc) is 2.94. The average molecular weight is 282 g/mol. The number of nitrogens with zero attached hydrogens (tertiary/aromatic N) is 3. The van der Waals surface area contributed by atoms with Gasteiger partial charge in [-0.3, -0.25) is 0 Å². The molecule has 0 aliphatic heterocycles. The van der Waals surface area contributed by atoms with Gasteiger partial charge >= 0.3 is 0 Å². The van der Waals surface area contributed by atoms with Gasteiger partial charge in [-0.25, -0.2) is 9.97 Å². The molecule has 0 amide bonds. The minimum atomic E-state index is 0.901. The van der Waals surface area contributed by atoms with Crippen LogP contribution in [-0.2, 0) is 6.42 Å².